The van der Waals surface area contributed by atoms with Crippen LogP contribution in [0.2, 0.25) is 5.02 Å². The lowest BCUT2D eigenvalue weighted by molar-refractivity contribution is 0.496. The predicted octanol–water partition coefficient (Wildman–Crippen LogP) is 3.52. The van der Waals surface area contributed by atoms with E-state index in [-0.39, 0.29) is 0 Å². The molecule has 2 aromatic heterocycles. The van der Waals surface area contributed by atoms with Crippen LogP contribution in [0.1, 0.15) is 17.9 Å². The van der Waals surface area contributed by atoms with Crippen molar-refractivity contribution in [1.29, 1.82) is 0 Å². The average molecular weight is 271 g/mol. The number of nitrogens with zero attached hydrogens (tertiary/aromatic N) is 1. The summed E-state index contributed by atoms with van der Waals surface area (Å²) in [5, 5.41) is 5.90. The van der Waals surface area contributed by atoms with Crippen LogP contribution in [0.3, 0.4) is 0 Å². The van der Waals surface area contributed by atoms with Crippen LogP contribution in [0.15, 0.2) is 16.0 Å². The highest BCUT2D eigenvalue weighted by molar-refractivity contribution is 7.14. The molecule has 2 heterocycles. The van der Waals surface area contributed by atoms with Crippen molar-refractivity contribution in [1.82, 2.24) is 10.3 Å². The molecule has 3 nitrogen and oxygen atoms in total. The van der Waals surface area contributed by atoms with Gasteiger partial charge in [-0.05, 0) is 37.9 Å². The summed E-state index contributed by atoms with van der Waals surface area (Å²) >= 11 is 7.78. The maximum absolute atomic E-state index is 6.19. The fraction of sp³-hybridized carbons (Fsp3) is 0.417. The van der Waals surface area contributed by atoms with Crippen LogP contribution < -0.4 is 5.32 Å². The molecule has 0 bridgehead atoms. The molecule has 92 valence electrons. The monoisotopic (exact) mass is 270 g/mol. The number of hydrogen-bond donors (Lipinski definition) is 1. The van der Waals surface area contributed by atoms with E-state index in [4.69, 9.17) is 16.0 Å². The van der Waals surface area contributed by atoms with E-state index in [9.17, 15) is 0 Å². The van der Waals surface area contributed by atoms with E-state index in [1.54, 1.807) is 17.5 Å². The zero-order chi connectivity index (χ0) is 12.3. The van der Waals surface area contributed by atoms with Gasteiger partial charge in [0.05, 0.1) is 16.1 Å². The first-order chi connectivity index (χ1) is 8.22. The van der Waals surface area contributed by atoms with Gasteiger partial charge in [-0.3, -0.25) is 0 Å². The first-order valence-corrected chi connectivity index (χ1v) is 6.81. The molecule has 0 aliphatic rings. The summed E-state index contributed by atoms with van der Waals surface area (Å²) in [6, 6.07) is 0. The molecule has 17 heavy (non-hydrogen) atoms. The molecule has 0 atom stereocenters. The van der Waals surface area contributed by atoms with Gasteiger partial charge in [-0.15, -0.1) is 11.3 Å². The van der Waals surface area contributed by atoms with E-state index in [2.05, 4.69) is 10.3 Å². The zero-order valence-corrected chi connectivity index (χ0v) is 11.5. The molecule has 0 saturated carbocycles. The van der Waals surface area contributed by atoms with E-state index in [0.717, 1.165) is 46.5 Å². The summed E-state index contributed by atoms with van der Waals surface area (Å²) < 4.78 is 5.70. The van der Waals surface area contributed by atoms with Gasteiger partial charge >= 0.3 is 0 Å². The quantitative estimate of drug-likeness (QED) is 0.845. The van der Waals surface area contributed by atoms with Crippen LogP contribution in [0.25, 0.3) is 10.6 Å². The van der Waals surface area contributed by atoms with Crippen LogP contribution in [-0.4, -0.2) is 18.6 Å². The van der Waals surface area contributed by atoms with Crippen molar-refractivity contribution < 1.29 is 4.42 Å². The average Bonchev–Trinajstić information content (AvgIpc) is 2.89. The minimum atomic E-state index is 0.771. The fourth-order valence-corrected chi connectivity index (χ4v) is 2.78. The van der Waals surface area contributed by atoms with Crippen molar-refractivity contribution in [2.75, 3.05) is 13.6 Å². The molecule has 0 spiro atoms. The fourth-order valence-electron chi connectivity index (χ4n) is 1.54. The highest BCUT2D eigenvalue weighted by Gasteiger charge is 2.13. The molecule has 0 radical (unpaired) electrons. The van der Waals surface area contributed by atoms with Gasteiger partial charge in [0.1, 0.15) is 0 Å². The molecule has 2 rings (SSSR count). The van der Waals surface area contributed by atoms with Crippen LogP contribution in [0.5, 0.6) is 0 Å². The Morgan fingerprint density at radius 1 is 1.53 bits per heavy atom. The van der Waals surface area contributed by atoms with Gasteiger partial charge in [0.25, 0.3) is 0 Å². The third kappa shape index (κ3) is 2.89. The van der Waals surface area contributed by atoms with Crippen LogP contribution >= 0.6 is 22.9 Å². The highest BCUT2D eigenvalue weighted by Crippen LogP contribution is 2.36. The Balaban J connectivity index is 2.10. The van der Waals surface area contributed by atoms with Crippen molar-refractivity contribution in [3.63, 3.8) is 0 Å². The molecule has 0 aromatic carbocycles. The zero-order valence-electron chi connectivity index (χ0n) is 9.92. The first-order valence-electron chi connectivity index (χ1n) is 5.55. The maximum atomic E-state index is 6.19. The number of oxazole rings is 1. The lowest BCUT2D eigenvalue weighted by Gasteiger charge is -1.96. The minimum Gasteiger partial charge on any atom is -0.440 e. The van der Waals surface area contributed by atoms with Gasteiger partial charge in [0.2, 0.25) is 0 Å². The van der Waals surface area contributed by atoms with E-state index < -0.39 is 0 Å². The van der Waals surface area contributed by atoms with Crippen LogP contribution in [0.4, 0.5) is 0 Å². The lowest BCUT2D eigenvalue weighted by atomic mass is 10.3. The standard InChI is InChI=1S/C12H15ClN2OS/c1-8-7-17-12(11(8)13)9-6-15-10(16-9)4-3-5-14-2/h6-7,14H,3-5H2,1-2H3. The van der Waals surface area contributed by atoms with Crippen molar-refractivity contribution in [2.24, 2.45) is 0 Å². The number of aryl methyl sites for hydroxylation is 2. The van der Waals surface area contributed by atoms with Gasteiger partial charge in [-0.1, -0.05) is 11.6 Å². The SMILES string of the molecule is CNCCCc1ncc(-c2scc(C)c2Cl)o1. The molecule has 0 amide bonds. The Kier molecular flexibility index (Phi) is 4.20. The molecule has 0 unspecified atom stereocenters. The van der Waals surface area contributed by atoms with Crippen molar-refractivity contribution in [3.05, 3.63) is 28.1 Å². The lowest BCUT2D eigenvalue weighted by Crippen LogP contribution is -2.08. The second kappa shape index (κ2) is 5.67. The van der Waals surface area contributed by atoms with Gasteiger partial charge in [-0.2, -0.15) is 0 Å². The molecule has 0 saturated heterocycles. The molecule has 0 aliphatic heterocycles. The van der Waals surface area contributed by atoms with Crippen molar-refractivity contribution in [3.8, 4) is 10.6 Å². The van der Waals surface area contributed by atoms with E-state index >= 15 is 0 Å². The first kappa shape index (κ1) is 12.6. The van der Waals surface area contributed by atoms with E-state index in [1.165, 1.54) is 0 Å². The summed E-state index contributed by atoms with van der Waals surface area (Å²) in [7, 11) is 1.94. The molecular weight excluding hydrogens is 256 g/mol. The van der Waals surface area contributed by atoms with Gasteiger partial charge in [-0.25, -0.2) is 4.98 Å². The maximum Gasteiger partial charge on any atom is 0.194 e. The summed E-state index contributed by atoms with van der Waals surface area (Å²) in [6.07, 6.45) is 3.63. The molecule has 0 aliphatic carbocycles. The van der Waals surface area contributed by atoms with E-state index in [0.29, 0.717) is 0 Å². The number of aromatic nitrogens is 1. The van der Waals surface area contributed by atoms with Gasteiger partial charge < -0.3 is 9.73 Å². The number of thiophene rings is 1. The Labute approximate surface area is 110 Å². The summed E-state index contributed by atoms with van der Waals surface area (Å²) in [5.41, 5.74) is 1.08. The summed E-state index contributed by atoms with van der Waals surface area (Å²) in [4.78, 5) is 5.24. The Bertz CT molecular complexity index is 492. The molecule has 0 fully saturated rings. The third-order valence-corrected chi connectivity index (χ3v) is 4.21. The van der Waals surface area contributed by atoms with Crippen LogP contribution in [-0.2, 0) is 6.42 Å². The smallest absolute Gasteiger partial charge is 0.194 e. The second-order valence-electron chi connectivity index (χ2n) is 3.89. The largest absolute Gasteiger partial charge is 0.440 e. The molecular formula is C12H15ClN2OS. The number of halogens is 1. The molecule has 5 heteroatoms. The molecule has 2 aromatic rings. The number of rotatable bonds is 5. The highest BCUT2D eigenvalue weighted by atomic mass is 35.5. The Hall–Kier alpha value is -0.840. The van der Waals surface area contributed by atoms with Crippen molar-refractivity contribution >= 4 is 22.9 Å². The van der Waals surface area contributed by atoms with Gasteiger partial charge in [0, 0.05) is 6.42 Å². The summed E-state index contributed by atoms with van der Waals surface area (Å²) in [6.45, 7) is 2.96. The molecule has 1 N–H and O–H groups in total. The van der Waals surface area contributed by atoms with Gasteiger partial charge in [0.15, 0.2) is 11.7 Å². The second-order valence-corrected chi connectivity index (χ2v) is 5.14. The Morgan fingerprint density at radius 3 is 3.00 bits per heavy atom. The topological polar surface area (TPSA) is 38.1 Å². The number of nitrogens with one attached hydrogen (secondary N) is 1. The predicted molar refractivity (Wildman–Crippen MR) is 71.8 cm³/mol. The Morgan fingerprint density at radius 2 is 2.35 bits per heavy atom. The summed E-state index contributed by atoms with van der Waals surface area (Å²) in [5.74, 6) is 1.55. The minimum absolute atomic E-state index is 0.771. The van der Waals surface area contributed by atoms with Crippen LogP contribution in [0, 0.1) is 6.92 Å². The third-order valence-electron chi connectivity index (χ3n) is 2.49. The number of hydrogen-bond acceptors (Lipinski definition) is 4. The van der Waals surface area contributed by atoms with E-state index in [1.807, 2.05) is 19.4 Å². The van der Waals surface area contributed by atoms with Crippen molar-refractivity contribution in [2.45, 2.75) is 19.8 Å². The normalized spacial score (nSPS) is 11.0.